The quantitative estimate of drug-likeness (QED) is 0.704. The van der Waals surface area contributed by atoms with Gasteiger partial charge in [0.15, 0.2) is 0 Å². The molecule has 1 aliphatic heterocycles. The number of hydrogen-bond acceptors (Lipinski definition) is 1. The zero-order valence-electron chi connectivity index (χ0n) is 8.74. The smallest absolute Gasteiger partial charge is 0.237 e. The minimum Gasteiger partial charge on any atom is -0.340 e. The second-order valence-electron chi connectivity index (χ2n) is 3.99. The van der Waals surface area contributed by atoms with Crippen molar-refractivity contribution >= 4 is 17.5 Å². The maximum Gasteiger partial charge on any atom is 0.237 e. The van der Waals surface area contributed by atoms with Crippen molar-refractivity contribution < 1.29 is 4.79 Å². The van der Waals surface area contributed by atoms with Gasteiger partial charge in [0.05, 0.1) is 0 Å². The standard InChI is InChI=1S/C12H14ClNO/c1-9-4-2-3-5-11(9)10-7-14(8-10)12(15)6-13/h2-5,10H,6-8H2,1H3. The van der Waals surface area contributed by atoms with Crippen LogP contribution in [0.25, 0.3) is 0 Å². The first-order valence-corrected chi connectivity index (χ1v) is 5.65. The van der Waals surface area contributed by atoms with E-state index in [0.29, 0.717) is 5.92 Å². The predicted octanol–water partition coefficient (Wildman–Crippen LogP) is 2.16. The Balaban J connectivity index is 2.00. The van der Waals surface area contributed by atoms with Gasteiger partial charge in [-0.3, -0.25) is 4.79 Å². The molecule has 0 spiro atoms. The van der Waals surface area contributed by atoms with E-state index in [1.165, 1.54) is 11.1 Å². The zero-order chi connectivity index (χ0) is 10.8. The van der Waals surface area contributed by atoms with Crippen LogP contribution in [-0.4, -0.2) is 29.8 Å². The number of amides is 1. The molecule has 2 rings (SSSR count). The Morgan fingerprint density at radius 2 is 2.13 bits per heavy atom. The minimum atomic E-state index is 0.0431. The summed E-state index contributed by atoms with van der Waals surface area (Å²) >= 11 is 5.49. The molecule has 15 heavy (non-hydrogen) atoms. The number of halogens is 1. The largest absolute Gasteiger partial charge is 0.340 e. The Morgan fingerprint density at radius 3 is 2.73 bits per heavy atom. The van der Waals surface area contributed by atoms with E-state index in [2.05, 4.69) is 19.1 Å². The minimum absolute atomic E-state index is 0.0431. The van der Waals surface area contributed by atoms with Gasteiger partial charge in [0.2, 0.25) is 5.91 Å². The summed E-state index contributed by atoms with van der Waals surface area (Å²) in [5.74, 6) is 0.639. The van der Waals surface area contributed by atoms with Crippen LogP contribution in [0.1, 0.15) is 17.0 Å². The van der Waals surface area contributed by atoms with Gasteiger partial charge in [0.25, 0.3) is 0 Å². The first-order valence-electron chi connectivity index (χ1n) is 5.11. The van der Waals surface area contributed by atoms with Gasteiger partial charge in [-0.15, -0.1) is 11.6 Å². The molecule has 0 radical (unpaired) electrons. The van der Waals surface area contributed by atoms with Gasteiger partial charge in [0, 0.05) is 19.0 Å². The Morgan fingerprint density at radius 1 is 1.47 bits per heavy atom. The third kappa shape index (κ3) is 2.00. The van der Waals surface area contributed by atoms with Gasteiger partial charge in [-0.2, -0.15) is 0 Å². The fraction of sp³-hybridized carbons (Fsp3) is 0.417. The lowest BCUT2D eigenvalue weighted by Crippen LogP contribution is -2.49. The van der Waals surface area contributed by atoms with Gasteiger partial charge in [-0.25, -0.2) is 0 Å². The summed E-state index contributed by atoms with van der Waals surface area (Å²) in [5.41, 5.74) is 2.66. The van der Waals surface area contributed by atoms with E-state index in [1.54, 1.807) is 0 Å². The average Bonchev–Trinajstić information content (AvgIpc) is 2.18. The first kappa shape index (κ1) is 10.5. The number of nitrogens with zero attached hydrogens (tertiary/aromatic N) is 1. The van der Waals surface area contributed by atoms with Crippen LogP contribution in [-0.2, 0) is 4.79 Å². The van der Waals surface area contributed by atoms with Crippen molar-refractivity contribution in [3.63, 3.8) is 0 Å². The Kier molecular flexibility index (Phi) is 2.96. The summed E-state index contributed by atoms with van der Waals surface area (Å²) in [6.45, 7) is 3.74. The maximum absolute atomic E-state index is 11.2. The molecule has 1 fully saturated rings. The van der Waals surface area contributed by atoms with Crippen LogP contribution in [0.3, 0.4) is 0 Å². The Hall–Kier alpha value is -1.02. The van der Waals surface area contributed by atoms with Gasteiger partial charge in [-0.05, 0) is 18.1 Å². The van der Waals surface area contributed by atoms with Gasteiger partial charge >= 0.3 is 0 Å². The molecule has 1 heterocycles. The van der Waals surface area contributed by atoms with Crippen molar-refractivity contribution in [1.29, 1.82) is 0 Å². The maximum atomic E-state index is 11.2. The summed E-state index contributed by atoms with van der Waals surface area (Å²) in [6.07, 6.45) is 0. The van der Waals surface area contributed by atoms with E-state index in [0.717, 1.165) is 13.1 Å². The molecule has 0 unspecified atom stereocenters. The molecule has 80 valence electrons. The van der Waals surface area contributed by atoms with Crippen LogP contribution in [0, 0.1) is 6.92 Å². The van der Waals surface area contributed by atoms with Gasteiger partial charge < -0.3 is 4.90 Å². The summed E-state index contributed by atoms with van der Waals surface area (Å²) in [7, 11) is 0. The van der Waals surface area contributed by atoms with Crippen LogP contribution in [0.2, 0.25) is 0 Å². The van der Waals surface area contributed by atoms with E-state index >= 15 is 0 Å². The Labute approximate surface area is 94.8 Å². The molecule has 1 aromatic rings. The fourth-order valence-electron chi connectivity index (χ4n) is 2.01. The molecule has 1 aromatic carbocycles. The highest BCUT2D eigenvalue weighted by Crippen LogP contribution is 2.29. The SMILES string of the molecule is Cc1ccccc1C1CN(C(=O)CCl)C1. The van der Waals surface area contributed by atoms with Crippen molar-refractivity contribution in [2.24, 2.45) is 0 Å². The average molecular weight is 224 g/mol. The van der Waals surface area contributed by atoms with Crippen molar-refractivity contribution in [2.45, 2.75) is 12.8 Å². The van der Waals surface area contributed by atoms with Crippen LogP contribution in [0.15, 0.2) is 24.3 Å². The van der Waals surface area contributed by atoms with Crippen LogP contribution in [0.4, 0.5) is 0 Å². The molecule has 0 saturated carbocycles. The van der Waals surface area contributed by atoms with Crippen LogP contribution < -0.4 is 0 Å². The molecule has 0 aliphatic carbocycles. The fourth-order valence-corrected chi connectivity index (χ4v) is 2.18. The number of hydrogen-bond donors (Lipinski definition) is 0. The summed E-state index contributed by atoms with van der Waals surface area (Å²) in [6, 6.07) is 8.34. The summed E-state index contributed by atoms with van der Waals surface area (Å²) in [4.78, 5) is 13.1. The number of rotatable bonds is 2. The highest BCUT2D eigenvalue weighted by atomic mass is 35.5. The number of benzene rings is 1. The summed E-state index contributed by atoms with van der Waals surface area (Å²) in [5, 5.41) is 0. The molecule has 1 amide bonds. The number of alkyl halides is 1. The van der Waals surface area contributed by atoms with Gasteiger partial charge in [-0.1, -0.05) is 24.3 Å². The van der Waals surface area contributed by atoms with Crippen molar-refractivity contribution in [3.05, 3.63) is 35.4 Å². The van der Waals surface area contributed by atoms with E-state index < -0.39 is 0 Å². The third-order valence-corrected chi connectivity index (χ3v) is 3.21. The van der Waals surface area contributed by atoms with Crippen LogP contribution in [0.5, 0.6) is 0 Å². The van der Waals surface area contributed by atoms with E-state index in [4.69, 9.17) is 11.6 Å². The normalized spacial score (nSPS) is 16.3. The summed E-state index contributed by atoms with van der Waals surface area (Å²) < 4.78 is 0. The number of carbonyl (C=O) groups excluding carboxylic acids is 1. The lowest BCUT2D eigenvalue weighted by atomic mass is 9.88. The molecule has 1 saturated heterocycles. The van der Waals surface area contributed by atoms with E-state index in [-0.39, 0.29) is 11.8 Å². The number of likely N-dealkylation sites (tertiary alicyclic amines) is 1. The van der Waals surface area contributed by atoms with E-state index in [1.807, 2.05) is 17.0 Å². The van der Waals surface area contributed by atoms with Crippen LogP contribution >= 0.6 is 11.6 Å². The molecular weight excluding hydrogens is 210 g/mol. The van der Waals surface area contributed by atoms with E-state index in [9.17, 15) is 4.79 Å². The highest BCUT2D eigenvalue weighted by Gasteiger charge is 2.31. The highest BCUT2D eigenvalue weighted by molar-refractivity contribution is 6.27. The molecular formula is C12H14ClNO. The molecule has 1 aliphatic rings. The molecule has 2 nitrogen and oxygen atoms in total. The lowest BCUT2D eigenvalue weighted by Gasteiger charge is -2.39. The zero-order valence-corrected chi connectivity index (χ0v) is 9.50. The number of aryl methyl sites for hydroxylation is 1. The monoisotopic (exact) mass is 223 g/mol. The third-order valence-electron chi connectivity index (χ3n) is 2.98. The molecule has 0 aromatic heterocycles. The van der Waals surface area contributed by atoms with Crippen molar-refractivity contribution in [2.75, 3.05) is 19.0 Å². The second kappa shape index (κ2) is 4.23. The molecule has 3 heteroatoms. The van der Waals surface area contributed by atoms with Crippen molar-refractivity contribution in [3.8, 4) is 0 Å². The molecule has 0 bridgehead atoms. The number of carbonyl (C=O) groups is 1. The second-order valence-corrected chi connectivity index (χ2v) is 4.25. The Bertz CT molecular complexity index is 372. The van der Waals surface area contributed by atoms with Gasteiger partial charge in [0.1, 0.15) is 5.88 Å². The molecule has 0 N–H and O–H groups in total. The first-order chi connectivity index (χ1) is 7.22. The lowest BCUT2D eigenvalue weighted by molar-refractivity contribution is -0.132. The topological polar surface area (TPSA) is 20.3 Å². The molecule has 0 atom stereocenters. The predicted molar refractivity (Wildman–Crippen MR) is 61.2 cm³/mol. The van der Waals surface area contributed by atoms with Crippen molar-refractivity contribution in [1.82, 2.24) is 4.90 Å².